The number of ether oxygens (including phenoxy) is 3. The molecule has 1 heterocycles. The van der Waals surface area contributed by atoms with Gasteiger partial charge in [-0.05, 0) is 20.8 Å². The number of methoxy groups -OCH3 is 1. The van der Waals surface area contributed by atoms with Crippen molar-refractivity contribution in [2.75, 3.05) is 13.7 Å². The first kappa shape index (κ1) is 13.4. The molecule has 1 aliphatic heterocycles. The second-order valence-electron chi connectivity index (χ2n) is 3.51. The molecular formula is C10H20O4. The van der Waals surface area contributed by atoms with Crippen LogP contribution in [0.5, 0.6) is 0 Å². The molecule has 1 atom stereocenters. The molecular weight excluding hydrogens is 184 g/mol. The SMILES string of the molecule is CC.COC(=O)C1(C)COC(C)(C)O1. The monoisotopic (exact) mass is 204 g/mol. The maximum atomic E-state index is 11.2. The Morgan fingerprint density at radius 1 is 1.29 bits per heavy atom. The summed E-state index contributed by atoms with van der Waals surface area (Å²) in [6, 6.07) is 0. The van der Waals surface area contributed by atoms with Crippen LogP contribution >= 0.6 is 0 Å². The average Bonchev–Trinajstić information content (AvgIpc) is 2.44. The zero-order valence-electron chi connectivity index (χ0n) is 9.84. The summed E-state index contributed by atoms with van der Waals surface area (Å²) >= 11 is 0. The minimum atomic E-state index is -0.946. The van der Waals surface area contributed by atoms with Crippen LogP contribution in [0.2, 0.25) is 0 Å². The fraction of sp³-hybridized carbons (Fsp3) is 0.900. The lowest BCUT2D eigenvalue weighted by Gasteiger charge is -2.22. The van der Waals surface area contributed by atoms with E-state index in [0.717, 1.165) is 0 Å². The fourth-order valence-electron chi connectivity index (χ4n) is 1.23. The number of carbonyl (C=O) groups is 1. The summed E-state index contributed by atoms with van der Waals surface area (Å²) in [5, 5.41) is 0. The molecule has 1 fully saturated rings. The molecule has 1 unspecified atom stereocenters. The van der Waals surface area contributed by atoms with Gasteiger partial charge in [0.15, 0.2) is 11.4 Å². The van der Waals surface area contributed by atoms with Crippen LogP contribution in [-0.2, 0) is 19.0 Å². The highest BCUT2D eigenvalue weighted by Crippen LogP contribution is 2.31. The first-order valence-corrected chi connectivity index (χ1v) is 4.82. The predicted octanol–water partition coefficient (Wildman–Crippen LogP) is 1.73. The minimum Gasteiger partial charge on any atom is -0.467 e. The van der Waals surface area contributed by atoms with Crippen LogP contribution in [0.15, 0.2) is 0 Å². The summed E-state index contributed by atoms with van der Waals surface area (Å²) in [5.41, 5.74) is -0.946. The van der Waals surface area contributed by atoms with Gasteiger partial charge in [0, 0.05) is 0 Å². The molecule has 0 saturated carbocycles. The largest absolute Gasteiger partial charge is 0.467 e. The number of carbonyl (C=O) groups excluding carboxylic acids is 1. The number of hydrogen-bond acceptors (Lipinski definition) is 4. The molecule has 84 valence electrons. The molecule has 0 N–H and O–H groups in total. The van der Waals surface area contributed by atoms with E-state index in [1.54, 1.807) is 20.8 Å². The Hall–Kier alpha value is -0.610. The van der Waals surface area contributed by atoms with Crippen LogP contribution in [0.3, 0.4) is 0 Å². The van der Waals surface area contributed by atoms with Gasteiger partial charge in [0.1, 0.15) is 0 Å². The van der Waals surface area contributed by atoms with E-state index in [1.807, 2.05) is 13.8 Å². The Labute approximate surface area is 85.5 Å². The molecule has 0 aromatic rings. The van der Waals surface area contributed by atoms with Gasteiger partial charge >= 0.3 is 5.97 Å². The van der Waals surface area contributed by atoms with Crippen LogP contribution in [0.1, 0.15) is 34.6 Å². The molecule has 4 nitrogen and oxygen atoms in total. The fourth-order valence-corrected chi connectivity index (χ4v) is 1.23. The summed E-state index contributed by atoms with van der Waals surface area (Å²) in [5.74, 6) is -1.09. The molecule has 4 heteroatoms. The van der Waals surface area contributed by atoms with Crippen molar-refractivity contribution in [2.24, 2.45) is 0 Å². The third kappa shape index (κ3) is 2.96. The third-order valence-electron chi connectivity index (χ3n) is 1.78. The Balaban J connectivity index is 0.000000791. The van der Waals surface area contributed by atoms with Crippen LogP contribution < -0.4 is 0 Å². The Morgan fingerprint density at radius 2 is 1.79 bits per heavy atom. The molecule has 1 aliphatic rings. The van der Waals surface area contributed by atoms with Crippen molar-refractivity contribution in [3.63, 3.8) is 0 Å². The van der Waals surface area contributed by atoms with Gasteiger partial charge < -0.3 is 14.2 Å². The summed E-state index contributed by atoms with van der Waals surface area (Å²) in [4.78, 5) is 11.2. The Kier molecular flexibility index (Phi) is 4.55. The molecule has 1 saturated heterocycles. The van der Waals surface area contributed by atoms with Crippen LogP contribution in [0.4, 0.5) is 0 Å². The van der Waals surface area contributed by atoms with E-state index in [4.69, 9.17) is 9.47 Å². The van der Waals surface area contributed by atoms with Crippen molar-refractivity contribution in [3.05, 3.63) is 0 Å². The Morgan fingerprint density at radius 3 is 2.07 bits per heavy atom. The molecule has 1 rings (SSSR count). The standard InChI is InChI=1S/C8H14O4.C2H6/c1-7(2)11-5-8(3,12-7)6(9)10-4;1-2/h5H2,1-4H3;1-2H3. The van der Waals surface area contributed by atoms with Crippen molar-refractivity contribution in [2.45, 2.75) is 46.0 Å². The first-order chi connectivity index (χ1) is 6.40. The topological polar surface area (TPSA) is 44.8 Å². The van der Waals surface area contributed by atoms with Gasteiger partial charge in [-0.3, -0.25) is 0 Å². The van der Waals surface area contributed by atoms with E-state index in [-0.39, 0.29) is 6.61 Å². The van der Waals surface area contributed by atoms with E-state index >= 15 is 0 Å². The summed E-state index contributed by atoms with van der Waals surface area (Å²) < 4.78 is 15.2. The molecule has 0 aromatic carbocycles. The molecule has 0 spiro atoms. The van der Waals surface area contributed by atoms with Crippen LogP contribution in [0.25, 0.3) is 0 Å². The summed E-state index contributed by atoms with van der Waals surface area (Å²) in [6.45, 7) is 9.43. The van der Waals surface area contributed by atoms with E-state index in [2.05, 4.69) is 4.74 Å². The molecule has 14 heavy (non-hydrogen) atoms. The second kappa shape index (κ2) is 4.75. The van der Waals surface area contributed by atoms with Gasteiger partial charge in [0.25, 0.3) is 0 Å². The number of rotatable bonds is 1. The van der Waals surface area contributed by atoms with Gasteiger partial charge in [0.05, 0.1) is 13.7 Å². The first-order valence-electron chi connectivity index (χ1n) is 4.82. The highest BCUT2D eigenvalue weighted by atomic mass is 16.8. The second-order valence-corrected chi connectivity index (χ2v) is 3.51. The van der Waals surface area contributed by atoms with Crippen molar-refractivity contribution in [3.8, 4) is 0 Å². The molecule has 0 aromatic heterocycles. The predicted molar refractivity (Wildman–Crippen MR) is 52.9 cm³/mol. The van der Waals surface area contributed by atoms with Crippen molar-refractivity contribution < 1.29 is 19.0 Å². The van der Waals surface area contributed by atoms with Crippen molar-refractivity contribution >= 4 is 5.97 Å². The Bertz CT molecular complexity index is 200. The van der Waals surface area contributed by atoms with E-state index in [0.29, 0.717) is 0 Å². The number of hydrogen-bond donors (Lipinski definition) is 0. The lowest BCUT2D eigenvalue weighted by atomic mass is 10.1. The average molecular weight is 204 g/mol. The smallest absolute Gasteiger partial charge is 0.340 e. The minimum absolute atomic E-state index is 0.243. The van der Waals surface area contributed by atoms with Gasteiger partial charge in [0.2, 0.25) is 0 Å². The van der Waals surface area contributed by atoms with Gasteiger partial charge in [-0.25, -0.2) is 4.79 Å². The molecule has 0 bridgehead atoms. The van der Waals surface area contributed by atoms with Crippen LogP contribution in [0, 0.1) is 0 Å². The molecule has 0 aliphatic carbocycles. The van der Waals surface area contributed by atoms with Crippen molar-refractivity contribution in [1.82, 2.24) is 0 Å². The zero-order chi connectivity index (χ0) is 11.4. The highest BCUT2D eigenvalue weighted by Gasteiger charge is 2.48. The summed E-state index contributed by atoms with van der Waals surface area (Å²) in [7, 11) is 1.34. The highest BCUT2D eigenvalue weighted by molar-refractivity contribution is 5.79. The van der Waals surface area contributed by atoms with E-state index in [9.17, 15) is 4.79 Å². The maximum Gasteiger partial charge on any atom is 0.340 e. The zero-order valence-corrected chi connectivity index (χ0v) is 9.84. The van der Waals surface area contributed by atoms with Crippen LogP contribution in [-0.4, -0.2) is 31.1 Å². The maximum absolute atomic E-state index is 11.2. The number of esters is 1. The van der Waals surface area contributed by atoms with Gasteiger partial charge in [-0.1, -0.05) is 13.8 Å². The normalized spacial score (nSPS) is 29.0. The summed E-state index contributed by atoms with van der Waals surface area (Å²) in [6.07, 6.45) is 0. The lowest BCUT2D eigenvalue weighted by molar-refractivity contribution is -0.184. The quantitative estimate of drug-likeness (QED) is 0.610. The van der Waals surface area contributed by atoms with Gasteiger partial charge in [-0.2, -0.15) is 0 Å². The molecule has 0 radical (unpaired) electrons. The molecule has 0 amide bonds. The van der Waals surface area contributed by atoms with E-state index < -0.39 is 17.4 Å². The van der Waals surface area contributed by atoms with Gasteiger partial charge in [-0.15, -0.1) is 0 Å². The lowest BCUT2D eigenvalue weighted by Crippen LogP contribution is -2.40. The van der Waals surface area contributed by atoms with Crippen molar-refractivity contribution in [1.29, 1.82) is 0 Å². The van der Waals surface area contributed by atoms with E-state index in [1.165, 1.54) is 7.11 Å². The third-order valence-corrected chi connectivity index (χ3v) is 1.78.